The molecular formula is C23H19ClF2N4O2. The molecule has 164 valence electrons. The van der Waals surface area contributed by atoms with E-state index < -0.39 is 30.1 Å². The first-order chi connectivity index (χ1) is 15.3. The summed E-state index contributed by atoms with van der Waals surface area (Å²) in [5, 5.41) is 5.95. The molecule has 2 heterocycles. The van der Waals surface area contributed by atoms with Gasteiger partial charge in [0, 0.05) is 47.3 Å². The van der Waals surface area contributed by atoms with E-state index in [1.807, 2.05) is 12.1 Å². The molecule has 0 bridgehead atoms. The van der Waals surface area contributed by atoms with E-state index >= 15 is 0 Å². The summed E-state index contributed by atoms with van der Waals surface area (Å²) >= 11 is 5.95. The van der Waals surface area contributed by atoms with Crippen LogP contribution >= 0.6 is 11.6 Å². The molecule has 1 saturated carbocycles. The number of pyridine rings is 2. The van der Waals surface area contributed by atoms with Crippen LogP contribution in [0.5, 0.6) is 0 Å². The molecule has 2 aromatic heterocycles. The normalized spacial score (nSPS) is 17.0. The first-order valence-electron chi connectivity index (χ1n) is 9.97. The molecule has 1 aliphatic carbocycles. The standard InChI is InChI=1S/C23H19ClF2N4O2/c24-17-3-1-14(2-4-17)18-7-9-27-13-19(18)29-21(31)15-6-10-28-20(11-15)30-22(32)16-5-8-23(25,26)12-16/h1-4,6-7,9-11,13,16H,5,8,12H2,(H,29,31)(H,28,30,32). The lowest BCUT2D eigenvalue weighted by atomic mass is 10.1. The molecule has 1 fully saturated rings. The van der Waals surface area contributed by atoms with E-state index in [1.165, 1.54) is 24.5 Å². The van der Waals surface area contributed by atoms with Crippen molar-refractivity contribution in [3.63, 3.8) is 0 Å². The summed E-state index contributed by atoms with van der Waals surface area (Å²) in [5.74, 6) is -4.42. The number of hydrogen-bond donors (Lipinski definition) is 2. The molecule has 1 unspecified atom stereocenters. The van der Waals surface area contributed by atoms with Crippen LogP contribution in [0, 0.1) is 5.92 Å². The Bertz CT molecular complexity index is 1150. The Labute approximate surface area is 188 Å². The molecule has 1 aliphatic rings. The Morgan fingerprint density at radius 3 is 2.56 bits per heavy atom. The van der Waals surface area contributed by atoms with E-state index in [0.29, 0.717) is 10.7 Å². The number of halogens is 3. The highest BCUT2D eigenvalue weighted by molar-refractivity contribution is 6.30. The van der Waals surface area contributed by atoms with E-state index in [9.17, 15) is 18.4 Å². The van der Waals surface area contributed by atoms with Crippen LogP contribution in [0.4, 0.5) is 20.3 Å². The van der Waals surface area contributed by atoms with Crippen molar-refractivity contribution < 1.29 is 18.4 Å². The second kappa shape index (κ2) is 9.00. The molecule has 2 amide bonds. The molecule has 0 aliphatic heterocycles. The van der Waals surface area contributed by atoms with Crippen LogP contribution < -0.4 is 10.6 Å². The highest BCUT2D eigenvalue weighted by Gasteiger charge is 2.42. The molecule has 3 aromatic rings. The average molecular weight is 457 g/mol. The van der Waals surface area contributed by atoms with Crippen LogP contribution in [-0.2, 0) is 4.79 Å². The quantitative estimate of drug-likeness (QED) is 0.536. The number of benzene rings is 1. The summed E-state index contributed by atoms with van der Waals surface area (Å²) in [4.78, 5) is 33.2. The Morgan fingerprint density at radius 2 is 1.84 bits per heavy atom. The molecule has 4 rings (SSSR count). The van der Waals surface area contributed by atoms with Crippen molar-refractivity contribution in [1.82, 2.24) is 9.97 Å². The van der Waals surface area contributed by atoms with Crippen LogP contribution in [-0.4, -0.2) is 27.7 Å². The number of anilines is 2. The van der Waals surface area contributed by atoms with Crippen LogP contribution in [0.15, 0.2) is 61.1 Å². The predicted molar refractivity (Wildman–Crippen MR) is 118 cm³/mol. The monoisotopic (exact) mass is 456 g/mol. The van der Waals surface area contributed by atoms with Crippen LogP contribution in [0.2, 0.25) is 5.02 Å². The zero-order valence-corrected chi connectivity index (χ0v) is 17.6. The third kappa shape index (κ3) is 5.08. The summed E-state index contributed by atoms with van der Waals surface area (Å²) in [5.41, 5.74) is 2.35. The van der Waals surface area contributed by atoms with Crippen molar-refractivity contribution in [2.45, 2.75) is 25.2 Å². The first-order valence-corrected chi connectivity index (χ1v) is 10.3. The van der Waals surface area contributed by atoms with Gasteiger partial charge >= 0.3 is 0 Å². The summed E-state index contributed by atoms with van der Waals surface area (Å²) in [6.07, 6.45) is 3.86. The molecule has 9 heteroatoms. The fourth-order valence-electron chi connectivity index (χ4n) is 3.61. The minimum Gasteiger partial charge on any atom is -0.320 e. The van der Waals surface area contributed by atoms with E-state index in [1.54, 1.807) is 24.4 Å². The highest BCUT2D eigenvalue weighted by Crippen LogP contribution is 2.39. The third-order valence-corrected chi connectivity index (χ3v) is 5.52. The lowest BCUT2D eigenvalue weighted by Gasteiger charge is -2.13. The van der Waals surface area contributed by atoms with E-state index in [4.69, 9.17) is 11.6 Å². The van der Waals surface area contributed by atoms with Gasteiger partial charge in [0.1, 0.15) is 5.82 Å². The van der Waals surface area contributed by atoms with E-state index in [0.717, 1.165) is 11.1 Å². The lowest BCUT2D eigenvalue weighted by Crippen LogP contribution is -2.23. The summed E-state index contributed by atoms with van der Waals surface area (Å²) in [7, 11) is 0. The fourth-order valence-corrected chi connectivity index (χ4v) is 3.74. The first kappa shape index (κ1) is 21.8. The second-order valence-corrected chi connectivity index (χ2v) is 8.03. The van der Waals surface area contributed by atoms with Gasteiger partial charge in [-0.15, -0.1) is 0 Å². The van der Waals surface area contributed by atoms with Crippen LogP contribution in [0.3, 0.4) is 0 Å². The maximum atomic E-state index is 13.4. The smallest absolute Gasteiger partial charge is 0.255 e. The van der Waals surface area contributed by atoms with Crippen molar-refractivity contribution in [2.75, 3.05) is 10.6 Å². The lowest BCUT2D eigenvalue weighted by molar-refractivity contribution is -0.120. The Hall–Kier alpha value is -3.39. The molecule has 0 radical (unpaired) electrons. The maximum Gasteiger partial charge on any atom is 0.255 e. The number of alkyl halides is 2. The number of nitrogens with one attached hydrogen (secondary N) is 2. The SMILES string of the molecule is O=C(Nc1cnccc1-c1ccc(Cl)cc1)c1ccnc(NC(=O)C2CCC(F)(F)C2)c1. The molecule has 32 heavy (non-hydrogen) atoms. The number of amides is 2. The molecule has 6 nitrogen and oxygen atoms in total. The van der Waals surface area contributed by atoms with Crippen molar-refractivity contribution in [1.29, 1.82) is 0 Å². The number of aromatic nitrogens is 2. The summed E-state index contributed by atoms with van der Waals surface area (Å²) in [6.45, 7) is 0. The fraction of sp³-hybridized carbons (Fsp3) is 0.217. The maximum absolute atomic E-state index is 13.4. The van der Waals surface area contributed by atoms with Gasteiger partial charge in [-0.3, -0.25) is 14.6 Å². The summed E-state index contributed by atoms with van der Waals surface area (Å²) in [6, 6.07) is 11.8. The van der Waals surface area contributed by atoms with Crippen LogP contribution in [0.25, 0.3) is 11.1 Å². The number of nitrogens with zero attached hydrogens (tertiary/aromatic N) is 2. The van der Waals surface area contributed by atoms with Gasteiger partial charge in [0.05, 0.1) is 11.9 Å². The topological polar surface area (TPSA) is 84.0 Å². The third-order valence-electron chi connectivity index (χ3n) is 5.27. The van der Waals surface area contributed by atoms with Gasteiger partial charge in [-0.2, -0.15) is 0 Å². The Morgan fingerprint density at radius 1 is 1.06 bits per heavy atom. The zero-order chi connectivity index (χ0) is 22.7. The predicted octanol–water partition coefficient (Wildman–Crippen LogP) is 5.42. The highest BCUT2D eigenvalue weighted by atomic mass is 35.5. The molecular weight excluding hydrogens is 438 g/mol. The van der Waals surface area contributed by atoms with E-state index in [-0.39, 0.29) is 24.2 Å². The molecule has 1 aromatic carbocycles. The van der Waals surface area contributed by atoms with Gasteiger partial charge < -0.3 is 10.6 Å². The largest absolute Gasteiger partial charge is 0.320 e. The van der Waals surface area contributed by atoms with Gasteiger partial charge in [-0.1, -0.05) is 23.7 Å². The summed E-state index contributed by atoms with van der Waals surface area (Å²) < 4.78 is 26.8. The minimum absolute atomic E-state index is 0.119. The van der Waals surface area contributed by atoms with Crippen LogP contribution in [0.1, 0.15) is 29.6 Å². The van der Waals surface area contributed by atoms with Crippen molar-refractivity contribution in [3.8, 4) is 11.1 Å². The number of hydrogen-bond acceptors (Lipinski definition) is 4. The van der Waals surface area contributed by atoms with Gasteiger partial charge in [-0.05, 0) is 42.3 Å². The molecule has 1 atom stereocenters. The molecule has 0 saturated heterocycles. The second-order valence-electron chi connectivity index (χ2n) is 7.60. The molecule has 2 N–H and O–H groups in total. The van der Waals surface area contributed by atoms with Crippen molar-refractivity contribution in [2.24, 2.45) is 5.92 Å². The number of carbonyl (C=O) groups excluding carboxylic acids is 2. The minimum atomic E-state index is -2.82. The Kier molecular flexibility index (Phi) is 6.14. The molecule has 0 spiro atoms. The number of rotatable bonds is 5. The van der Waals surface area contributed by atoms with Gasteiger partial charge in [0.2, 0.25) is 11.8 Å². The number of carbonyl (C=O) groups is 2. The van der Waals surface area contributed by atoms with Crippen molar-refractivity contribution >= 4 is 34.9 Å². The van der Waals surface area contributed by atoms with Gasteiger partial charge in [0.25, 0.3) is 5.91 Å². The van der Waals surface area contributed by atoms with Crippen molar-refractivity contribution in [3.05, 3.63) is 71.6 Å². The average Bonchev–Trinajstić information content (AvgIpc) is 3.15. The van der Waals surface area contributed by atoms with Gasteiger partial charge in [0.15, 0.2) is 0 Å². The Balaban J connectivity index is 1.48. The zero-order valence-electron chi connectivity index (χ0n) is 16.8. The van der Waals surface area contributed by atoms with Gasteiger partial charge in [-0.25, -0.2) is 13.8 Å². The van der Waals surface area contributed by atoms with E-state index in [2.05, 4.69) is 20.6 Å².